The predicted molar refractivity (Wildman–Crippen MR) is 48.4 cm³/mol. The molecule has 1 nitrogen and oxygen atoms in total. The molecule has 0 unspecified atom stereocenters. The van der Waals surface area contributed by atoms with Crippen LogP contribution in [0.25, 0.3) is 0 Å². The smallest absolute Gasteiger partial charge is 0.159 e. The topological polar surface area (TPSA) is 17.1 Å². The van der Waals surface area contributed by atoms with E-state index in [0.717, 1.165) is 11.1 Å². The fraction of sp³-hybridized carbons (Fsp3) is 0.300. The van der Waals surface area contributed by atoms with E-state index in [1.807, 2.05) is 13.8 Å². The summed E-state index contributed by atoms with van der Waals surface area (Å²) >= 11 is 0. The third kappa shape index (κ3) is 5.34. The van der Waals surface area contributed by atoms with Crippen molar-refractivity contribution in [3.05, 3.63) is 36.5 Å². The molecular weight excluding hydrogens is 136 g/mol. The lowest BCUT2D eigenvalue weighted by Crippen LogP contribution is -1.93. The summed E-state index contributed by atoms with van der Waals surface area (Å²) in [6.07, 6.45) is 3.68. The van der Waals surface area contributed by atoms with Gasteiger partial charge in [-0.2, -0.15) is 0 Å². The van der Waals surface area contributed by atoms with Crippen LogP contribution < -0.4 is 0 Å². The highest BCUT2D eigenvalue weighted by molar-refractivity contribution is 5.92. The zero-order chi connectivity index (χ0) is 8.85. The molecule has 0 atom stereocenters. The lowest BCUT2D eigenvalue weighted by atomic mass is 10.1. The van der Waals surface area contributed by atoms with E-state index in [4.69, 9.17) is 0 Å². The van der Waals surface area contributed by atoms with E-state index in [0.29, 0.717) is 6.42 Å². The van der Waals surface area contributed by atoms with Crippen LogP contribution in [0.3, 0.4) is 0 Å². The van der Waals surface area contributed by atoms with Gasteiger partial charge in [0.25, 0.3) is 0 Å². The summed E-state index contributed by atoms with van der Waals surface area (Å²) < 4.78 is 0. The molecule has 0 amide bonds. The summed E-state index contributed by atoms with van der Waals surface area (Å²) in [6.45, 7) is 10.9. The first-order chi connectivity index (χ1) is 5.06. The Labute approximate surface area is 68.1 Å². The van der Waals surface area contributed by atoms with Crippen LogP contribution in [0.1, 0.15) is 20.3 Å². The van der Waals surface area contributed by atoms with Gasteiger partial charge in [-0.15, -0.1) is 0 Å². The van der Waals surface area contributed by atoms with Crippen LogP contribution in [0.4, 0.5) is 0 Å². The van der Waals surface area contributed by atoms with Gasteiger partial charge in [-0.1, -0.05) is 24.8 Å². The van der Waals surface area contributed by atoms with E-state index < -0.39 is 0 Å². The standard InChI is InChI=1S/C10H14O/c1-5-9(4)7-10(11)6-8(2)3/h5,7H,1-2,6H2,3-4H3/b9-7-. The molecule has 0 spiro atoms. The van der Waals surface area contributed by atoms with Gasteiger partial charge in [0.05, 0.1) is 0 Å². The summed E-state index contributed by atoms with van der Waals surface area (Å²) in [5.74, 6) is 0.0925. The zero-order valence-electron chi connectivity index (χ0n) is 7.18. The van der Waals surface area contributed by atoms with Crippen molar-refractivity contribution in [2.24, 2.45) is 0 Å². The van der Waals surface area contributed by atoms with E-state index in [-0.39, 0.29) is 5.78 Å². The van der Waals surface area contributed by atoms with Crippen LogP contribution in [0, 0.1) is 0 Å². The summed E-state index contributed by atoms with van der Waals surface area (Å²) in [7, 11) is 0. The first kappa shape index (κ1) is 9.89. The molecule has 0 fully saturated rings. The highest BCUT2D eigenvalue weighted by atomic mass is 16.1. The van der Waals surface area contributed by atoms with E-state index in [1.165, 1.54) is 0 Å². The quantitative estimate of drug-likeness (QED) is 0.342. The SMILES string of the molecule is C=C/C(C)=C\C(=O)CC(=C)C. The number of ketones is 1. The number of rotatable bonds is 4. The molecule has 0 heterocycles. The van der Waals surface area contributed by atoms with Gasteiger partial charge in [-0.05, 0) is 25.5 Å². The fourth-order valence-corrected chi connectivity index (χ4v) is 0.661. The van der Waals surface area contributed by atoms with Crippen molar-refractivity contribution < 1.29 is 4.79 Å². The minimum atomic E-state index is 0.0925. The van der Waals surface area contributed by atoms with Crippen molar-refractivity contribution in [1.29, 1.82) is 0 Å². The maximum absolute atomic E-state index is 11.0. The summed E-state index contributed by atoms with van der Waals surface area (Å²) in [5.41, 5.74) is 1.79. The molecule has 0 aliphatic heterocycles. The van der Waals surface area contributed by atoms with E-state index in [9.17, 15) is 4.79 Å². The molecule has 0 aliphatic rings. The van der Waals surface area contributed by atoms with Crippen molar-refractivity contribution in [3.63, 3.8) is 0 Å². The van der Waals surface area contributed by atoms with Crippen LogP contribution in [-0.2, 0) is 4.79 Å². The van der Waals surface area contributed by atoms with E-state index in [2.05, 4.69) is 13.2 Å². The second kappa shape index (κ2) is 4.67. The van der Waals surface area contributed by atoms with Gasteiger partial charge in [-0.3, -0.25) is 4.79 Å². The average Bonchev–Trinajstić information content (AvgIpc) is 1.85. The molecule has 0 rings (SSSR count). The highest BCUT2D eigenvalue weighted by Crippen LogP contribution is 2.00. The van der Waals surface area contributed by atoms with Gasteiger partial charge in [-0.25, -0.2) is 0 Å². The fourth-order valence-electron chi connectivity index (χ4n) is 0.661. The molecule has 0 aromatic rings. The molecule has 0 N–H and O–H groups in total. The average molecular weight is 150 g/mol. The minimum Gasteiger partial charge on any atom is -0.294 e. The van der Waals surface area contributed by atoms with E-state index in [1.54, 1.807) is 12.2 Å². The van der Waals surface area contributed by atoms with Crippen LogP contribution in [0.2, 0.25) is 0 Å². The molecule has 0 aromatic carbocycles. The van der Waals surface area contributed by atoms with Crippen LogP contribution >= 0.6 is 0 Å². The first-order valence-corrected chi connectivity index (χ1v) is 3.54. The summed E-state index contributed by atoms with van der Waals surface area (Å²) in [4.78, 5) is 11.0. The summed E-state index contributed by atoms with van der Waals surface area (Å²) in [5, 5.41) is 0. The third-order valence-corrected chi connectivity index (χ3v) is 1.19. The van der Waals surface area contributed by atoms with Gasteiger partial charge < -0.3 is 0 Å². The number of hydrogen-bond acceptors (Lipinski definition) is 1. The van der Waals surface area contributed by atoms with Crippen molar-refractivity contribution in [3.8, 4) is 0 Å². The maximum atomic E-state index is 11.0. The molecule has 0 aliphatic carbocycles. The molecule has 0 radical (unpaired) electrons. The molecule has 11 heavy (non-hydrogen) atoms. The zero-order valence-corrected chi connectivity index (χ0v) is 7.18. The van der Waals surface area contributed by atoms with Crippen molar-refractivity contribution in [2.45, 2.75) is 20.3 Å². The number of allylic oxidation sites excluding steroid dienone is 4. The molecule has 0 bridgehead atoms. The van der Waals surface area contributed by atoms with Gasteiger partial charge in [0.1, 0.15) is 0 Å². The number of carbonyl (C=O) groups excluding carboxylic acids is 1. The summed E-state index contributed by atoms with van der Waals surface area (Å²) in [6, 6.07) is 0. The Balaban J connectivity index is 4.07. The Morgan fingerprint density at radius 1 is 1.45 bits per heavy atom. The molecule has 0 saturated carbocycles. The van der Waals surface area contributed by atoms with Gasteiger partial charge in [0.15, 0.2) is 5.78 Å². The van der Waals surface area contributed by atoms with Crippen molar-refractivity contribution in [2.75, 3.05) is 0 Å². The van der Waals surface area contributed by atoms with Gasteiger partial charge >= 0.3 is 0 Å². The molecule has 0 saturated heterocycles. The van der Waals surface area contributed by atoms with Crippen LogP contribution in [0.15, 0.2) is 36.5 Å². The predicted octanol–water partition coefficient (Wildman–Crippen LogP) is 2.65. The molecule has 60 valence electrons. The van der Waals surface area contributed by atoms with Crippen LogP contribution in [-0.4, -0.2) is 5.78 Å². The van der Waals surface area contributed by atoms with Gasteiger partial charge in [0, 0.05) is 6.42 Å². The number of hydrogen-bond donors (Lipinski definition) is 0. The second-order valence-electron chi connectivity index (χ2n) is 2.69. The number of carbonyl (C=O) groups is 1. The lowest BCUT2D eigenvalue weighted by Gasteiger charge is -1.93. The Hall–Kier alpha value is -1.11. The minimum absolute atomic E-state index is 0.0925. The van der Waals surface area contributed by atoms with Crippen molar-refractivity contribution in [1.82, 2.24) is 0 Å². The molecule has 1 heteroatoms. The Morgan fingerprint density at radius 2 is 2.00 bits per heavy atom. The lowest BCUT2D eigenvalue weighted by molar-refractivity contribution is -0.114. The maximum Gasteiger partial charge on any atom is 0.159 e. The highest BCUT2D eigenvalue weighted by Gasteiger charge is 1.96. The van der Waals surface area contributed by atoms with E-state index >= 15 is 0 Å². The third-order valence-electron chi connectivity index (χ3n) is 1.19. The van der Waals surface area contributed by atoms with Crippen LogP contribution in [0.5, 0.6) is 0 Å². The van der Waals surface area contributed by atoms with Gasteiger partial charge in [0.2, 0.25) is 0 Å². The Morgan fingerprint density at radius 3 is 2.36 bits per heavy atom. The second-order valence-corrected chi connectivity index (χ2v) is 2.69. The Bertz CT molecular complexity index is 209. The first-order valence-electron chi connectivity index (χ1n) is 3.54. The molecule has 0 aromatic heterocycles. The largest absolute Gasteiger partial charge is 0.294 e. The normalized spacial score (nSPS) is 10.9. The Kier molecular flexibility index (Phi) is 4.20. The van der Waals surface area contributed by atoms with Crippen molar-refractivity contribution >= 4 is 5.78 Å². The monoisotopic (exact) mass is 150 g/mol. The molecular formula is C10H14O.